The number of esters is 1. The number of alkyl carbamates (subject to hydrolysis) is 1. The largest absolute Gasteiger partial charge is 0.497 e. The first-order valence-electron chi connectivity index (χ1n) is 8.11. The molecule has 0 fully saturated rings. The Balaban J connectivity index is 2.68. The predicted molar refractivity (Wildman–Crippen MR) is 94.6 cm³/mol. The molecule has 140 valence electrons. The molecule has 0 bridgehead atoms. The number of nitrogens with one attached hydrogen (secondary N) is 2. The van der Waals surface area contributed by atoms with Crippen LogP contribution in [0.5, 0.6) is 5.75 Å². The lowest BCUT2D eigenvalue weighted by Crippen LogP contribution is -2.48. The number of carbonyl (C=O) groups is 2. The highest BCUT2D eigenvalue weighted by Crippen LogP contribution is 2.17. The molecule has 0 heterocycles. The van der Waals surface area contributed by atoms with E-state index in [9.17, 15) is 9.59 Å². The molecule has 0 aromatic heterocycles. The third kappa shape index (κ3) is 7.43. The van der Waals surface area contributed by atoms with E-state index in [4.69, 9.17) is 14.2 Å². The van der Waals surface area contributed by atoms with Crippen LogP contribution in [-0.4, -0.2) is 44.5 Å². The Morgan fingerprint density at radius 1 is 1.12 bits per heavy atom. The molecule has 2 N–H and O–H groups in total. The SMILES string of the molecule is COC(=O)C(CNC(=O)OC(C)(C)C)N[C@@H](C)c1ccc(OC)cc1. The Hall–Kier alpha value is -2.28. The number of rotatable bonds is 7. The molecule has 0 aliphatic rings. The maximum absolute atomic E-state index is 12.0. The van der Waals surface area contributed by atoms with Gasteiger partial charge in [-0.2, -0.15) is 0 Å². The average molecular weight is 352 g/mol. The molecule has 25 heavy (non-hydrogen) atoms. The Morgan fingerprint density at radius 3 is 2.20 bits per heavy atom. The summed E-state index contributed by atoms with van der Waals surface area (Å²) < 4.78 is 15.1. The molecular weight excluding hydrogens is 324 g/mol. The molecule has 1 unspecified atom stereocenters. The van der Waals surface area contributed by atoms with E-state index in [1.165, 1.54) is 7.11 Å². The van der Waals surface area contributed by atoms with Crippen LogP contribution in [0, 0.1) is 0 Å². The summed E-state index contributed by atoms with van der Waals surface area (Å²) in [4.78, 5) is 23.8. The van der Waals surface area contributed by atoms with E-state index in [0.29, 0.717) is 0 Å². The van der Waals surface area contributed by atoms with Gasteiger partial charge in [0.15, 0.2) is 0 Å². The fourth-order valence-corrected chi connectivity index (χ4v) is 2.14. The summed E-state index contributed by atoms with van der Waals surface area (Å²) in [6, 6.07) is 6.68. The minimum absolute atomic E-state index is 0.0576. The standard InChI is InChI=1S/C18H28N2O5/c1-12(13-7-9-14(23-5)10-8-13)20-15(16(21)24-6)11-19-17(22)25-18(2,3)4/h7-10,12,15,20H,11H2,1-6H3,(H,19,22)/t12-,15?/m0/s1. The molecule has 0 spiro atoms. The molecule has 7 heteroatoms. The fraction of sp³-hybridized carbons (Fsp3) is 0.556. The van der Waals surface area contributed by atoms with Crippen molar-refractivity contribution in [3.8, 4) is 5.75 Å². The number of carbonyl (C=O) groups excluding carboxylic acids is 2. The van der Waals surface area contributed by atoms with Gasteiger partial charge in [0.25, 0.3) is 0 Å². The van der Waals surface area contributed by atoms with Gasteiger partial charge in [-0.15, -0.1) is 0 Å². The van der Waals surface area contributed by atoms with Crippen molar-refractivity contribution in [3.05, 3.63) is 29.8 Å². The van der Waals surface area contributed by atoms with Gasteiger partial charge in [-0.1, -0.05) is 12.1 Å². The van der Waals surface area contributed by atoms with Gasteiger partial charge in [0.2, 0.25) is 0 Å². The van der Waals surface area contributed by atoms with Gasteiger partial charge in [0.05, 0.1) is 14.2 Å². The number of hydrogen-bond acceptors (Lipinski definition) is 6. The van der Waals surface area contributed by atoms with Gasteiger partial charge in [0.1, 0.15) is 17.4 Å². The lowest BCUT2D eigenvalue weighted by molar-refractivity contribution is -0.143. The first-order valence-corrected chi connectivity index (χ1v) is 8.11. The Kier molecular flexibility index (Phi) is 7.70. The molecule has 2 atom stereocenters. The van der Waals surface area contributed by atoms with Crippen molar-refractivity contribution in [1.29, 1.82) is 0 Å². The van der Waals surface area contributed by atoms with Crippen molar-refractivity contribution >= 4 is 12.1 Å². The van der Waals surface area contributed by atoms with Crippen molar-refractivity contribution in [1.82, 2.24) is 10.6 Å². The molecule has 0 saturated carbocycles. The second-order valence-electron chi connectivity index (χ2n) is 6.62. The van der Waals surface area contributed by atoms with Crippen LogP contribution in [0.1, 0.15) is 39.3 Å². The molecule has 1 amide bonds. The zero-order valence-electron chi connectivity index (χ0n) is 15.7. The Morgan fingerprint density at radius 2 is 1.72 bits per heavy atom. The van der Waals surface area contributed by atoms with Gasteiger partial charge in [0, 0.05) is 12.6 Å². The second-order valence-corrected chi connectivity index (χ2v) is 6.62. The van der Waals surface area contributed by atoms with Gasteiger partial charge >= 0.3 is 12.1 Å². The zero-order valence-corrected chi connectivity index (χ0v) is 15.7. The van der Waals surface area contributed by atoms with Gasteiger partial charge < -0.3 is 19.5 Å². The highest BCUT2D eigenvalue weighted by atomic mass is 16.6. The summed E-state index contributed by atoms with van der Waals surface area (Å²) in [5, 5.41) is 5.74. The van der Waals surface area contributed by atoms with Crippen LogP contribution in [0.4, 0.5) is 4.79 Å². The monoisotopic (exact) mass is 352 g/mol. The van der Waals surface area contributed by atoms with E-state index in [1.807, 2.05) is 31.2 Å². The molecule has 1 aromatic rings. The van der Waals surface area contributed by atoms with Gasteiger partial charge in [-0.3, -0.25) is 10.1 Å². The third-order valence-corrected chi connectivity index (χ3v) is 3.40. The number of methoxy groups -OCH3 is 2. The first-order chi connectivity index (χ1) is 11.7. The minimum atomic E-state index is -0.699. The molecule has 0 saturated heterocycles. The topological polar surface area (TPSA) is 85.9 Å². The molecule has 7 nitrogen and oxygen atoms in total. The molecule has 0 aliphatic carbocycles. The summed E-state index contributed by atoms with van der Waals surface area (Å²) in [5.74, 6) is 0.295. The van der Waals surface area contributed by atoms with Crippen LogP contribution < -0.4 is 15.4 Å². The lowest BCUT2D eigenvalue weighted by atomic mass is 10.1. The Bertz CT molecular complexity index is 566. The van der Waals surface area contributed by atoms with E-state index in [-0.39, 0.29) is 12.6 Å². The van der Waals surface area contributed by atoms with Crippen LogP contribution in [0.2, 0.25) is 0 Å². The fourth-order valence-electron chi connectivity index (χ4n) is 2.14. The molecule has 0 radical (unpaired) electrons. The highest BCUT2D eigenvalue weighted by molar-refractivity contribution is 5.77. The quantitative estimate of drug-likeness (QED) is 0.733. The summed E-state index contributed by atoms with van der Waals surface area (Å²) >= 11 is 0. The Labute approximate surface area is 149 Å². The molecule has 1 aromatic carbocycles. The van der Waals surface area contributed by atoms with Crippen LogP contribution in [0.15, 0.2) is 24.3 Å². The molecule has 1 rings (SSSR count). The summed E-state index contributed by atoms with van der Waals surface area (Å²) in [5.41, 5.74) is 0.376. The number of ether oxygens (including phenoxy) is 3. The van der Waals surface area contributed by atoms with E-state index in [0.717, 1.165) is 11.3 Å². The summed E-state index contributed by atoms with van der Waals surface area (Å²) in [7, 11) is 2.91. The number of hydrogen-bond donors (Lipinski definition) is 2. The zero-order chi connectivity index (χ0) is 19.0. The molecular formula is C18H28N2O5. The van der Waals surface area contributed by atoms with Gasteiger partial charge in [-0.25, -0.2) is 4.79 Å². The predicted octanol–water partition coefficient (Wildman–Crippen LogP) is 2.41. The van der Waals surface area contributed by atoms with Crippen molar-refractivity contribution in [3.63, 3.8) is 0 Å². The minimum Gasteiger partial charge on any atom is -0.497 e. The molecule has 0 aliphatic heterocycles. The maximum Gasteiger partial charge on any atom is 0.407 e. The van der Waals surface area contributed by atoms with Crippen LogP contribution in [-0.2, 0) is 14.3 Å². The van der Waals surface area contributed by atoms with E-state index >= 15 is 0 Å². The lowest BCUT2D eigenvalue weighted by Gasteiger charge is -2.24. The van der Waals surface area contributed by atoms with E-state index < -0.39 is 23.7 Å². The van der Waals surface area contributed by atoms with Crippen molar-refractivity contribution in [2.24, 2.45) is 0 Å². The average Bonchev–Trinajstić information content (AvgIpc) is 2.56. The third-order valence-electron chi connectivity index (χ3n) is 3.40. The van der Waals surface area contributed by atoms with Crippen LogP contribution in [0.25, 0.3) is 0 Å². The van der Waals surface area contributed by atoms with E-state index in [1.54, 1.807) is 27.9 Å². The highest BCUT2D eigenvalue weighted by Gasteiger charge is 2.24. The maximum atomic E-state index is 12.0. The summed E-state index contributed by atoms with van der Waals surface area (Å²) in [6.07, 6.45) is -0.583. The van der Waals surface area contributed by atoms with E-state index in [2.05, 4.69) is 10.6 Å². The number of benzene rings is 1. The van der Waals surface area contributed by atoms with Crippen LogP contribution >= 0.6 is 0 Å². The van der Waals surface area contributed by atoms with Gasteiger partial charge in [-0.05, 0) is 45.4 Å². The second kappa shape index (κ2) is 9.27. The number of amides is 1. The van der Waals surface area contributed by atoms with Crippen molar-refractivity contribution < 1.29 is 23.8 Å². The summed E-state index contributed by atoms with van der Waals surface area (Å²) in [6.45, 7) is 7.30. The smallest absolute Gasteiger partial charge is 0.407 e. The van der Waals surface area contributed by atoms with Crippen molar-refractivity contribution in [2.75, 3.05) is 20.8 Å². The first kappa shape index (κ1) is 20.8. The van der Waals surface area contributed by atoms with Crippen LogP contribution in [0.3, 0.4) is 0 Å². The normalized spacial score (nSPS) is 13.5. The van der Waals surface area contributed by atoms with Crippen molar-refractivity contribution in [2.45, 2.75) is 45.4 Å².